The molecule has 1 aromatic rings. The number of nitrogens with zero attached hydrogens (tertiary/aromatic N) is 5. The molecule has 1 fully saturated rings. The van der Waals surface area contributed by atoms with Crippen LogP contribution < -0.4 is 0 Å². The normalized spacial score (nSPS) is 17.9. The van der Waals surface area contributed by atoms with Crippen LogP contribution in [0.2, 0.25) is 0 Å². The maximum atomic E-state index is 10.3. The van der Waals surface area contributed by atoms with Crippen molar-refractivity contribution in [1.82, 2.24) is 19.7 Å². The number of hydrogen-bond acceptors (Lipinski definition) is 6. The fraction of sp³-hybridized carbons (Fsp3) is 0.714. The van der Waals surface area contributed by atoms with E-state index in [4.69, 9.17) is 4.74 Å². The van der Waals surface area contributed by atoms with E-state index in [1.54, 1.807) is 0 Å². The van der Waals surface area contributed by atoms with Gasteiger partial charge >= 0.3 is 5.95 Å². The largest absolute Gasteiger partial charge is 0.490 e. The van der Waals surface area contributed by atoms with Crippen LogP contribution in [0.5, 0.6) is 0 Å². The summed E-state index contributed by atoms with van der Waals surface area (Å²) in [7, 11) is 0. The molecular weight excluding hydrogens is 202 g/mol. The van der Waals surface area contributed by atoms with E-state index in [9.17, 15) is 10.1 Å². The molecule has 0 spiro atoms. The molecule has 1 aliphatic rings. The van der Waals surface area contributed by atoms with Gasteiger partial charge in [0, 0.05) is 18.2 Å². The van der Waals surface area contributed by atoms with Gasteiger partial charge in [-0.1, -0.05) is 4.98 Å². The molecule has 0 saturated carbocycles. The molecule has 0 amide bonds. The predicted octanol–water partition coefficient (Wildman–Crippen LogP) is -0.524. The Morgan fingerprint density at radius 1 is 1.53 bits per heavy atom. The van der Waals surface area contributed by atoms with Crippen LogP contribution in [0.1, 0.15) is 0 Å². The Hall–Kier alpha value is -1.54. The van der Waals surface area contributed by atoms with Gasteiger partial charge in [-0.3, -0.25) is 4.90 Å². The van der Waals surface area contributed by atoms with Crippen LogP contribution in [0, 0.1) is 10.1 Å². The summed E-state index contributed by atoms with van der Waals surface area (Å²) in [5, 5.41) is 14.1. The van der Waals surface area contributed by atoms with Crippen LogP contribution in [-0.4, -0.2) is 50.9 Å². The minimum atomic E-state index is -0.601. The Balaban J connectivity index is 1.94. The molecule has 15 heavy (non-hydrogen) atoms. The third-order valence-corrected chi connectivity index (χ3v) is 2.14. The average molecular weight is 213 g/mol. The lowest BCUT2D eigenvalue weighted by Crippen LogP contribution is -2.37. The number of hydrogen-bond donors (Lipinski definition) is 0. The topological polar surface area (TPSA) is 86.3 Å². The maximum absolute atomic E-state index is 10.3. The van der Waals surface area contributed by atoms with Crippen molar-refractivity contribution in [1.29, 1.82) is 0 Å². The molecule has 0 radical (unpaired) electrons. The van der Waals surface area contributed by atoms with Crippen LogP contribution in [0.4, 0.5) is 5.95 Å². The van der Waals surface area contributed by atoms with Crippen LogP contribution in [-0.2, 0) is 11.4 Å². The predicted molar refractivity (Wildman–Crippen MR) is 49.1 cm³/mol. The van der Waals surface area contributed by atoms with Crippen molar-refractivity contribution in [3.8, 4) is 0 Å². The van der Waals surface area contributed by atoms with E-state index in [1.807, 2.05) is 0 Å². The van der Waals surface area contributed by atoms with Gasteiger partial charge in [0.1, 0.15) is 6.67 Å². The highest BCUT2D eigenvalue weighted by atomic mass is 16.6. The van der Waals surface area contributed by atoms with Crippen molar-refractivity contribution in [3.63, 3.8) is 0 Å². The van der Waals surface area contributed by atoms with Gasteiger partial charge in [-0.2, -0.15) is 4.68 Å². The van der Waals surface area contributed by atoms with E-state index in [-0.39, 0.29) is 5.95 Å². The summed E-state index contributed by atoms with van der Waals surface area (Å²) >= 11 is 0. The molecule has 1 saturated heterocycles. The summed E-state index contributed by atoms with van der Waals surface area (Å²) < 4.78 is 6.65. The van der Waals surface area contributed by atoms with Gasteiger partial charge in [0.25, 0.3) is 0 Å². The highest BCUT2D eigenvalue weighted by Gasteiger charge is 2.16. The zero-order chi connectivity index (χ0) is 10.7. The highest BCUT2D eigenvalue weighted by molar-refractivity contribution is 4.96. The smallest absolute Gasteiger partial charge is 0.390 e. The number of morpholine rings is 1. The lowest BCUT2D eigenvalue weighted by molar-refractivity contribution is -0.394. The Kier molecular flexibility index (Phi) is 2.88. The van der Waals surface area contributed by atoms with E-state index < -0.39 is 4.92 Å². The Morgan fingerprint density at radius 3 is 2.87 bits per heavy atom. The number of aromatic nitrogens is 3. The quantitative estimate of drug-likeness (QED) is 0.496. The molecule has 0 atom stereocenters. The second-order valence-corrected chi connectivity index (χ2v) is 3.21. The van der Waals surface area contributed by atoms with Crippen molar-refractivity contribution >= 4 is 5.95 Å². The van der Waals surface area contributed by atoms with Crippen LogP contribution in [0.3, 0.4) is 0 Å². The summed E-state index contributed by atoms with van der Waals surface area (Å²) in [4.78, 5) is 15.4. The zero-order valence-corrected chi connectivity index (χ0v) is 8.07. The first kappa shape index (κ1) is 9.99. The molecule has 8 heteroatoms. The van der Waals surface area contributed by atoms with Crippen molar-refractivity contribution in [2.45, 2.75) is 6.67 Å². The number of ether oxygens (including phenoxy) is 1. The van der Waals surface area contributed by atoms with Gasteiger partial charge in [-0.25, -0.2) is 0 Å². The molecule has 1 aromatic heterocycles. The van der Waals surface area contributed by atoms with Crippen molar-refractivity contribution in [2.24, 2.45) is 0 Å². The van der Waals surface area contributed by atoms with Gasteiger partial charge in [0.05, 0.1) is 13.2 Å². The third kappa shape index (κ3) is 2.48. The summed E-state index contributed by atoms with van der Waals surface area (Å²) in [6.45, 7) is 3.53. The van der Waals surface area contributed by atoms with E-state index in [0.717, 1.165) is 13.1 Å². The molecule has 1 aliphatic heterocycles. The lowest BCUT2D eigenvalue weighted by atomic mass is 10.4. The molecule has 0 aromatic carbocycles. The van der Waals surface area contributed by atoms with Gasteiger partial charge in [-0.15, -0.1) is 0 Å². The standard InChI is InChI=1S/C7H11N5O3/c13-12(14)7-8-5-11(9-7)6-10-1-3-15-4-2-10/h5H,1-4,6H2. The zero-order valence-electron chi connectivity index (χ0n) is 8.07. The summed E-state index contributed by atoms with van der Waals surface area (Å²) in [6, 6.07) is 0. The van der Waals surface area contributed by atoms with E-state index in [0.29, 0.717) is 19.9 Å². The van der Waals surface area contributed by atoms with Crippen molar-refractivity contribution in [2.75, 3.05) is 26.3 Å². The second-order valence-electron chi connectivity index (χ2n) is 3.21. The van der Waals surface area contributed by atoms with Crippen LogP contribution in [0.15, 0.2) is 6.33 Å². The van der Waals surface area contributed by atoms with E-state index >= 15 is 0 Å². The Morgan fingerprint density at radius 2 is 2.27 bits per heavy atom. The van der Waals surface area contributed by atoms with Crippen molar-refractivity contribution < 1.29 is 9.66 Å². The summed E-state index contributed by atoms with van der Waals surface area (Å²) in [5.41, 5.74) is 0. The first-order chi connectivity index (χ1) is 7.25. The lowest BCUT2D eigenvalue weighted by Gasteiger charge is -2.25. The fourth-order valence-corrected chi connectivity index (χ4v) is 1.38. The molecule has 2 rings (SSSR count). The summed E-state index contributed by atoms with van der Waals surface area (Å²) in [6.07, 6.45) is 1.37. The molecular formula is C7H11N5O3. The molecule has 8 nitrogen and oxygen atoms in total. The SMILES string of the molecule is O=[N+]([O-])c1ncn(CN2CCOCC2)n1. The monoisotopic (exact) mass is 213 g/mol. The van der Waals surface area contributed by atoms with E-state index in [1.165, 1.54) is 11.0 Å². The molecule has 0 unspecified atom stereocenters. The van der Waals surface area contributed by atoms with Gasteiger partial charge in [0.2, 0.25) is 6.33 Å². The first-order valence-corrected chi connectivity index (χ1v) is 4.59. The molecule has 0 N–H and O–H groups in total. The second kappa shape index (κ2) is 4.32. The molecule has 2 heterocycles. The number of rotatable bonds is 3. The van der Waals surface area contributed by atoms with Crippen molar-refractivity contribution in [3.05, 3.63) is 16.4 Å². The minimum Gasteiger partial charge on any atom is -0.390 e. The van der Waals surface area contributed by atoms with Gasteiger partial charge < -0.3 is 14.9 Å². The Labute approximate surface area is 85.6 Å². The number of nitro groups is 1. The van der Waals surface area contributed by atoms with E-state index in [2.05, 4.69) is 15.0 Å². The minimum absolute atomic E-state index is 0.358. The fourth-order valence-electron chi connectivity index (χ4n) is 1.38. The van der Waals surface area contributed by atoms with Gasteiger partial charge in [-0.05, 0) is 4.92 Å². The van der Waals surface area contributed by atoms with Crippen LogP contribution in [0.25, 0.3) is 0 Å². The maximum Gasteiger partial charge on any atom is 0.490 e. The third-order valence-electron chi connectivity index (χ3n) is 2.14. The van der Waals surface area contributed by atoms with Crippen LogP contribution >= 0.6 is 0 Å². The highest BCUT2D eigenvalue weighted by Crippen LogP contribution is 2.02. The molecule has 82 valence electrons. The Bertz CT molecular complexity index is 346. The first-order valence-electron chi connectivity index (χ1n) is 4.59. The van der Waals surface area contributed by atoms with Gasteiger partial charge in [0.15, 0.2) is 0 Å². The summed E-state index contributed by atoms with van der Waals surface area (Å²) in [5.74, 6) is -0.358. The molecule has 0 aliphatic carbocycles. The molecule has 0 bridgehead atoms. The average Bonchev–Trinajstić information content (AvgIpc) is 2.68.